The maximum absolute atomic E-state index is 5.69. The van der Waals surface area contributed by atoms with Crippen LogP contribution >= 0.6 is 39.9 Å². The van der Waals surface area contributed by atoms with Crippen LogP contribution in [0.1, 0.15) is 19.8 Å². The van der Waals surface area contributed by atoms with E-state index in [1.165, 1.54) is 0 Å². The Morgan fingerprint density at radius 2 is 2.30 bits per heavy atom. The summed E-state index contributed by atoms with van der Waals surface area (Å²) in [4.78, 5) is 4.56. The smallest absolute Gasteiger partial charge is 0.191 e. The molecule has 130 valence electrons. The number of aliphatic imine (C=N–C) groups is 1. The highest BCUT2D eigenvalue weighted by Gasteiger charge is 2.14. The lowest BCUT2D eigenvalue weighted by Crippen LogP contribution is -2.39. The second kappa shape index (κ2) is 11.9. The molecule has 0 saturated carbocycles. The minimum absolute atomic E-state index is 0. The van der Waals surface area contributed by atoms with E-state index in [-0.39, 0.29) is 30.1 Å². The van der Waals surface area contributed by atoms with Crippen LogP contribution in [0.2, 0.25) is 0 Å². The molecule has 0 aliphatic carbocycles. The van der Waals surface area contributed by atoms with E-state index in [1.54, 1.807) is 0 Å². The molecule has 7 heteroatoms. The molecule has 2 rings (SSSR count). The number of ether oxygens (including phenoxy) is 2. The van der Waals surface area contributed by atoms with Crippen molar-refractivity contribution in [1.29, 1.82) is 0 Å². The quantitative estimate of drug-likeness (QED) is 0.263. The molecule has 5 nitrogen and oxygen atoms in total. The summed E-state index contributed by atoms with van der Waals surface area (Å²) in [6, 6.07) is 7.84. The van der Waals surface area contributed by atoms with Crippen molar-refractivity contribution in [3.63, 3.8) is 0 Å². The lowest BCUT2D eigenvalue weighted by molar-refractivity contribution is 0.117. The van der Waals surface area contributed by atoms with Crippen LogP contribution in [0.5, 0.6) is 5.75 Å². The number of hydrogen-bond donors (Lipinski definition) is 2. The molecule has 1 aliphatic heterocycles. The Morgan fingerprint density at radius 3 is 3.00 bits per heavy atom. The predicted molar refractivity (Wildman–Crippen MR) is 108 cm³/mol. The van der Waals surface area contributed by atoms with Crippen LogP contribution in [-0.2, 0) is 4.74 Å². The van der Waals surface area contributed by atoms with Gasteiger partial charge in [0.2, 0.25) is 0 Å². The Kier molecular flexibility index (Phi) is 10.6. The maximum atomic E-state index is 5.69. The molecule has 1 unspecified atom stereocenters. The van der Waals surface area contributed by atoms with Crippen LogP contribution in [0.4, 0.5) is 0 Å². The fraction of sp³-hybridized carbons (Fsp3) is 0.562. The van der Waals surface area contributed by atoms with Gasteiger partial charge in [-0.3, -0.25) is 4.99 Å². The van der Waals surface area contributed by atoms with Crippen molar-refractivity contribution in [3.05, 3.63) is 28.7 Å². The summed E-state index contributed by atoms with van der Waals surface area (Å²) in [5.74, 6) is 1.67. The van der Waals surface area contributed by atoms with Gasteiger partial charge in [-0.15, -0.1) is 24.0 Å². The molecule has 1 saturated heterocycles. The zero-order chi connectivity index (χ0) is 15.6. The Morgan fingerprint density at radius 1 is 1.43 bits per heavy atom. The van der Waals surface area contributed by atoms with Gasteiger partial charge >= 0.3 is 0 Å². The molecule has 1 aromatic carbocycles. The first-order valence-corrected chi connectivity index (χ1v) is 8.59. The fourth-order valence-electron chi connectivity index (χ4n) is 2.22. The first kappa shape index (κ1) is 20.5. The SMILES string of the molecule is CCNC(=NCC1CCCO1)NCCOc1cccc(Br)c1.I. The van der Waals surface area contributed by atoms with Crippen molar-refractivity contribution >= 4 is 45.9 Å². The van der Waals surface area contributed by atoms with Gasteiger partial charge in [-0.2, -0.15) is 0 Å². The van der Waals surface area contributed by atoms with Crippen LogP contribution in [0.15, 0.2) is 33.7 Å². The summed E-state index contributed by atoms with van der Waals surface area (Å²) in [6.07, 6.45) is 2.52. The van der Waals surface area contributed by atoms with Gasteiger partial charge in [-0.05, 0) is 38.0 Å². The molecule has 2 N–H and O–H groups in total. The van der Waals surface area contributed by atoms with Gasteiger partial charge in [0, 0.05) is 17.6 Å². The summed E-state index contributed by atoms with van der Waals surface area (Å²) in [5, 5.41) is 6.51. The molecule has 0 bridgehead atoms. The van der Waals surface area contributed by atoms with E-state index in [2.05, 4.69) is 38.5 Å². The minimum Gasteiger partial charge on any atom is -0.492 e. The molecule has 0 aromatic heterocycles. The van der Waals surface area contributed by atoms with Gasteiger partial charge < -0.3 is 20.1 Å². The molecular weight excluding hydrogens is 473 g/mol. The summed E-state index contributed by atoms with van der Waals surface area (Å²) >= 11 is 3.43. The van der Waals surface area contributed by atoms with E-state index in [9.17, 15) is 0 Å². The normalized spacial score (nSPS) is 17.5. The lowest BCUT2D eigenvalue weighted by atomic mass is 10.2. The largest absolute Gasteiger partial charge is 0.492 e. The van der Waals surface area contributed by atoms with E-state index >= 15 is 0 Å². The molecular formula is C16H25BrIN3O2. The lowest BCUT2D eigenvalue weighted by Gasteiger charge is -2.13. The van der Waals surface area contributed by atoms with E-state index in [4.69, 9.17) is 9.47 Å². The van der Waals surface area contributed by atoms with Gasteiger partial charge in [0.05, 0.1) is 19.2 Å². The topological polar surface area (TPSA) is 54.9 Å². The van der Waals surface area contributed by atoms with Gasteiger partial charge in [0.25, 0.3) is 0 Å². The molecule has 0 spiro atoms. The van der Waals surface area contributed by atoms with Gasteiger partial charge in [0.15, 0.2) is 5.96 Å². The van der Waals surface area contributed by atoms with E-state index in [0.29, 0.717) is 19.7 Å². The average molecular weight is 498 g/mol. The Balaban J connectivity index is 0.00000264. The summed E-state index contributed by atoms with van der Waals surface area (Å²) in [6.45, 7) is 5.75. The second-order valence-electron chi connectivity index (χ2n) is 5.09. The summed E-state index contributed by atoms with van der Waals surface area (Å²) < 4.78 is 12.3. The maximum Gasteiger partial charge on any atom is 0.191 e. The monoisotopic (exact) mass is 497 g/mol. The third kappa shape index (κ3) is 8.21. The van der Waals surface area contributed by atoms with Crippen molar-refractivity contribution in [2.24, 2.45) is 4.99 Å². The molecule has 1 heterocycles. The van der Waals surface area contributed by atoms with Crippen LogP contribution in [0, 0.1) is 0 Å². The highest BCUT2D eigenvalue weighted by Crippen LogP contribution is 2.17. The number of benzene rings is 1. The molecule has 1 aromatic rings. The van der Waals surface area contributed by atoms with Crippen molar-refractivity contribution in [2.45, 2.75) is 25.9 Å². The molecule has 1 atom stereocenters. The Labute approximate surface area is 163 Å². The summed E-state index contributed by atoms with van der Waals surface area (Å²) in [7, 11) is 0. The number of nitrogens with zero attached hydrogens (tertiary/aromatic N) is 1. The van der Waals surface area contributed by atoms with Gasteiger partial charge in [0.1, 0.15) is 12.4 Å². The third-order valence-electron chi connectivity index (χ3n) is 3.28. The zero-order valence-electron chi connectivity index (χ0n) is 13.4. The predicted octanol–water partition coefficient (Wildman–Crippen LogP) is 3.18. The van der Waals surface area contributed by atoms with Gasteiger partial charge in [-0.1, -0.05) is 22.0 Å². The highest BCUT2D eigenvalue weighted by atomic mass is 127. The third-order valence-corrected chi connectivity index (χ3v) is 3.77. The Hall–Kier alpha value is -0.540. The average Bonchev–Trinajstić information content (AvgIpc) is 3.02. The standard InChI is InChI=1S/C16H24BrN3O2.HI/c1-2-18-16(20-12-15-7-4-9-21-15)19-8-10-22-14-6-3-5-13(17)11-14;/h3,5-6,11,15H,2,4,7-10,12H2,1H3,(H2,18,19,20);1H. The van der Waals surface area contributed by atoms with E-state index < -0.39 is 0 Å². The summed E-state index contributed by atoms with van der Waals surface area (Å²) in [5.41, 5.74) is 0. The number of guanidine groups is 1. The molecule has 0 amide bonds. The first-order valence-electron chi connectivity index (χ1n) is 7.80. The van der Waals surface area contributed by atoms with E-state index in [1.807, 2.05) is 24.3 Å². The van der Waals surface area contributed by atoms with Crippen LogP contribution in [0.3, 0.4) is 0 Å². The second-order valence-corrected chi connectivity index (χ2v) is 6.00. The molecule has 0 radical (unpaired) electrons. The van der Waals surface area contributed by atoms with Crippen molar-refractivity contribution in [2.75, 3.05) is 32.8 Å². The van der Waals surface area contributed by atoms with Crippen molar-refractivity contribution in [3.8, 4) is 5.75 Å². The van der Waals surface area contributed by atoms with Crippen LogP contribution < -0.4 is 15.4 Å². The molecule has 1 fully saturated rings. The molecule has 1 aliphatic rings. The van der Waals surface area contributed by atoms with Crippen LogP contribution in [-0.4, -0.2) is 44.9 Å². The fourth-order valence-corrected chi connectivity index (χ4v) is 2.60. The highest BCUT2D eigenvalue weighted by molar-refractivity contribution is 14.0. The molecule has 23 heavy (non-hydrogen) atoms. The zero-order valence-corrected chi connectivity index (χ0v) is 17.3. The minimum atomic E-state index is 0. The van der Waals surface area contributed by atoms with Crippen molar-refractivity contribution in [1.82, 2.24) is 10.6 Å². The number of halogens is 2. The first-order chi connectivity index (χ1) is 10.8. The number of hydrogen-bond acceptors (Lipinski definition) is 3. The van der Waals surface area contributed by atoms with Crippen LogP contribution in [0.25, 0.3) is 0 Å². The van der Waals surface area contributed by atoms with Gasteiger partial charge in [-0.25, -0.2) is 0 Å². The number of rotatable bonds is 7. The van der Waals surface area contributed by atoms with Crippen molar-refractivity contribution < 1.29 is 9.47 Å². The number of nitrogens with one attached hydrogen (secondary N) is 2. The Bertz CT molecular complexity index is 482. The van der Waals surface area contributed by atoms with E-state index in [0.717, 1.165) is 42.2 Å².